The first-order valence-electron chi connectivity index (χ1n) is 9.25. The second kappa shape index (κ2) is 7.61. The first-order chi connectivity index (χ1) is 10.8. The number of hydrogen-bond acceptors (Lipinski definition) is 2. The quantitative estimate of drug-likeness (QED) is 0.871. The Kier molecular flexibility index (Phi) is 5.54. The molecule has 1 aliphatic heterocycles. The molecule has 0 amide bonds. The highest BCUT2D eigenvalue weighted by molar-refractivity contribution is 5.20. The zero-order valence-corrected chi connectivity index (χ0v) is 14.0. The summed E-state index contributed by atoms with van der Waals surface area (Å²) in [5.74, 6) is 1.82. The molecule has 2 aliphatic rings. The van der Waals surface area contributed by atoms with Gasteiger partial charge in [0.05, 0.1) is 12.6 Å². The van der Waals surface area contributed by atoms with Crippen LogP contribution in [0.2, 0.25) is 0 Å². The van der Waals surface area contributed by atoms with Gasteiger partial charge >= 0.3 is 0 Å². The van der Waals surface area contributed by atoms with E-state index < -0.39 is 0 Å². The molecule has 2 nitrogen and oxygen atoms in total. The van der Waals surface area contributed by atoms with E-state index in [9.17, 15) is 5.11 Å². The van der Waals surface area contributed by atoms with Crippen molar-refractivity contribution in [2.75, 3.05) is 13.2 Å². The predicted molar refractivity (Wildman–Crippen MR) is 91.7 cm³/mol. The summed E-state index contributed by atoms with van der Waals surface area (Å²) in [6.07, 6.45) is 9.59. The van der Waals surface area contributed by atoms with Gasteiger partial charge in [0.15, 0.2) is 0 Å². The van der Waals surface area contributed by atoms with Crippen LogP contribution in [0.3, 0.4) is 0 Å². The van der Waals surface area contributed by atoms with Crippen LogP contribution in [0.5, 0.6) is 0 Å². The maximum absolute atomic E-state index is 9.99. The Balaban J connectivity index is 1.70. The molecule has 1 N–H and O–H groups in total. The van der Waals surface area contributed by atoms with Crippen molar-refractivity contribution in [2.24, 2.45) is 11.8 Å². The second-order valence-corrected chi connectivity index (χ2v) is 7.25. The smallest absolute Gasteiger partial charge is 0.0628 e. The van der Waals surface area contributed by atoms with Crippen molar-refractivity contribution in [1.82, 2.24) is 4.90 Å². The summed E-state index contributed by atoms with van der Waals surface area (Å²) in [5.41, 5.74) is 1.28. The number of aliphatic hydroxyl groups excluding tert-OH is 1. The van der Waals surface area contributed by atoms with Gasteiger partial charge in [-0.2, -0.15) is 0 Å². The molecular formula is C20H31NO. The molecule has 1 saturated carbocycles. The van der Waals surface area contributed by atoms with Gasteiger partial charge in [0.1, 0.15) is 0 Å². The minimum Gasteiger partial charge on any atom is -0.394 e. The van der Waals surface area contributed by atoms with E-state index >= 15 is 0 Å². The van der Waals surface area contributed by atoms with E-state index in [-0.39, 0.29) is 12.6 Å². The first kappa shape index (κ1) is 16.0. The fourth-order valence-corrected chi connectivity index (χ4v) is 4.77. The van der Waals surface area contributed by atoms with Crippen LogP contribution in [0, 0.1) is 11.8 Å². The number of nitrogens with zero attached hydrogens (tertiary/aromatic N) is 1. The van der Waals surface area contributed by atoms with Gasteiger partial charge in [-0.1, -0.05) is 56.5 Å². The third-order valence-corrected chi connectivity index (χ3v) is 6.11. The van der Waals surface area contributed by atoms with Crippen molar-refractivity contribution >= 4 is 0 Å². The van der Waals surface area contributed by atoms with Gasteiger partial charge in [-0.25, -0.2) is 0 Å². The SMILES string of the molecule is CCC1CCC([C@H]2CCCN2[C@H](CO)c2ccccc2)CC1. The molecule has 22 heavy (non-hydrogen) atoms. The Bertz CT molecular complexity index is 438. The lowest BCUT2D eigenvalue weighted by Gasteiger charge is -2.39. The molecule has 0 aromatic heterocycles. The van der Waals surface area contributed by atoms with Crippen molar-refractivity contribution in [3.05, 3.63) is 35.9 Å². The number of hydrogen-bond donors (Lipinski definition) is 1. The molecule has 2 heteroatoms. The van der Waals surface area contributed by atoms with E-state index in [4.69, 9.17) is 0 Å². The van der Waals surface area contributed by atoms with Crippen LogP contribution in [0.1, 0.15) is 63.5 Å². The molecule has 0 unspecified atom stereocenters. The molecule has 0 spiro atoms. The van der Waals surface area contributed by atoms with Gasteiger partial charge in [-0.05, 0) is 49.6 Å². The molecule has 2 fully saturated rings. The highest BCUT2D eigenvalue weighted by atomic mass is 16.3. The predicted octanol–water partition coefficient (Wildman–Crippen LogP) is 4.40. The summed E-state index contributed by atoms with van der Waals surface area (Å²) in [7, 11) is 0. The maximum atomic E-state index is 9.99. The largest absolute Gasteiger partial charge is 0.394 e. The first-order valence-corrected chi connectivity index (χ1v) is 9.25. The summed E-state index contributed by atoms with van der Waals surface area (Å²) in [5, 5.41) is 9.99. The van der Waals surface area contributed by atoms with Crippen LogP contribution < -0.4 is 0 Å². The van der Waals surface area contributed by atoms with Crippen molar-refractivity contribution in [1.29, 1.82) is 0 Å². The summed E-state index contributed by atoms with van der Waals surface area (Å²) in [6.45, 7) is 3.73. The van der Waals surface area contributed by atoms with Crippen molar-refractivity contribution in [3.63, 3.8) is 0 Å². The summed E-state index contributed by atoms with van der Waals surface area (Å²) >= 11 is 0. The van der Waals surface area contributed by atoms with Gasteiger partial charge in [0, 0.05) is 6.04 Å². The Morgan fingerprint density at radius 1 is 1.09 bits per heavy atom. The van der Waals surface area contributed by atoms with Gasteiger partial charge in [-0.3, -0.25) is 4.90 Å². The standard InChI is InChI=1S/C20H31NO/c1-2-16-10-12-18(13-11-16)19-9-6-14-21(19)20(15-22)17-7-4-3-5-8-17/h3-5,7-8,16,18-20,22H,2,6,9-15H2,1H3/t16?,18?,19-,20-/m1/s1. The summed E-state index contributed by atoms with van der Waals surface area (Å²) in [6, 6.07) is 11.5. The fourth-order valence-electron chi connectivity index (χ4n) is 4.77. The molecule has 122 valence electrons. The van der Waals surface area contributed by atoms with E-state index in [0.717, 1.165) is 18.4 Å². The Labute approximate surface area is 135 Å². The number of benzene rings is 1. The maximum Gasteiger partial charge on any atom is 0.0628 e. The Morgan fingerprint density at radius 3 is 2.45 bits per heavy atom. The molecule has 1 saturated heterocycles. The fraction of sp³-hybridized carbons (Fsp3) is 0.700. The average molecular weight is 301 g/mol. The minimum atomic E-state index is 0.192. The second-order valence-electron chi connectivity index (χ2n) is 7.25. The van der Waals surface area contributed by atoms with Gasteiger partial charge in [-0.15, -0.1) is 0 Å². The monoisotopic (exact) mass is 301 g/mol. The normalized spacial score (nSPS) is 31.3. The van der Waals surface area contributed by atoms with Gasteiger partial charge < -0.3 is 5.11 Å². The third kappa shape index (κ3) is 3.38. The highest BCUT2D eigenvalue weighted by Gasteiger charge is 2.37. The molecule has 1 heterocycles. The minimum absolute atomic E-state index is 0.192. The highest BCUT2D eigenvalue weighted by Crippen LogP contribution is 2.40. The zero-order valence-electron chi connectivity index (χ0n) is 14.0. The number of rotatable bonds is 5. The van der Waals surface area contributed by atoms with Crippen LogP contribution in [0.25, 0.3) is 0 Å². The summed E-state index contributed by atoms with van der Waals surface area (Å²) < 4.78 is 0. The molecule has 3 rings (SSSR count). The lowest BCUT2D eigenvalue weighted by atomic mass is 9.77. The van der Waals surface area contributed by atoms with Crippen molar-refractivity contribution in [2.45, 2.75) is 64.0 Å². The van der Waals surface area contributed by atoms with E-state index in [1.165, 1.54) is 50.5 Å². The number of aliphatic hydroxyl groups is 1. The van der Waals surface area contributed by atoms with E-state index in [2.05, 4.69) is 42.2 Å². The van der Waals surface area contributed by atoms with E-state index in [1.807, 2.05) is 0 Å². The molecular weight excluding hydrogens is 270 g/mol. The van der Waals surface area contributed by atoms with Crippen LogP contribution in [0.4, 0.5) is 0 Å². The van der Waals surface area contributed by atoms with Crippen LogP contribution in [-0.2, 0) is 0 Å². The molecule has 2 atom stereocenters. The van der Waals surface area contributed by atoms with Gasteiger partial charge in [0.25, 0.3) is 0 Å². The van der Waals surface area contributed by atoms with Crippen LogP contribution in [-0.4, -0.2) is 29.2 Å². The Morgan fingerprint density at radius 2 is 1.82 bits per heavy atom. The number of likely N-dealkylation sites (tertiary alicyclic amines) is 1. The molecule has 1 aliphatic carbocycles. The van der Waals surface area contributed by atoms with E-state index in [1.54, 1.807) is 0 Å². The third-order valence-electron chi connectivity index (χ3n) is 6.11. The van der Waals surface area contributed by atoms with Gasteiger partial charge in [0.2, 0.25) is 0 Å². The summed E-state index contributed by atoms with van der Waals surface area (Å²) in [4.78, 5) is 2.62. The topological polar surface area (TPSA) is 23.5 Å². The molecule has 1 aromatic carbocycles. The lowest BCUT2D eigenvalue weighted by molar-refractivity contribution is 0.0678. The molecule has 1 aromatic rings. The van der Waals surface area contributed by atoms with Crippen LogP contribution in [0.15, 0.2) is 30.3 Å². The Hall–Kier alpha value is -0.860. The van der Waals surface area contributed by atoms with E-state index in [0.29, 0.717) is 6.04 Å². The molecule has 0 bridgehead atoms. The van der Waals surface area contributed by atoms with Crippen molar-refractivity contribution in [3.8, 4) is 0 Å². The average Bonchev–Trinajstić information content (AvgIpc) is 3.06. The van der Waals surface area contributed by atoms with Crippen molar-refractivity contribution < 1.29 is 5.11 Å². The zero-order chi connectivity index (χ0) is 15.4. The lowest BCUT2D eigenvalue weighted by Crippen LogP contribution is -2.41. The molecule has 0 radical (unpaired) electrons. The van der Waals surface area contributed by atoms with Crippen LogP contribution >= 0.6 is 0 Å².